The molecule has 2 aromatic carbocycles. The van der Waals surface area contributed by atoms with Gasteiger partial charge in [-0.05, 0) is 24.5 Å². The summed E-state index contributed by atoms with van der Waals surface area (Å²) in [4.78, 5) is 24.3. The summed E-state index contributed by atoms with van der Waals surface area (Å²) in [6, 6.07) is 20.0. The third kappa shape index (κ3) is 4.70. The second-order valence-corrected chi connectivity index (χ2v) is 7.09. The zero-order valence-electron chi connectivity index (χ0n) is 14.7. The van der Waals surface area contributed by atoms with Crippen molar-refractivity contribution >= 4 is 17.2 Å². The van der Waals surface area contributed by atoms with E-state index in [0.717, 1.165) is 17.7 Å². The molecule has 1 aromatic heterocycles. The lowest BCUT2D eigenvalue weighted by Crippen LogP contribution is -2.31. The topological polar surface area (TPSA) is 51.1 Å². The van der Waals surface area contributed by atoms with Gasteiger partial charge < -0.3 is 9.88 Å². The first-order valence-corrected chi connectivity index (χ1v) is 9.54. The van der Waals surface area contributed by atoms with E-state index in [-0.39, 0.29) is 23.2 Å². The van der Waals surface area contributed by atoms with Gasteiger partial charge in [0.05, 0.1) is 6.04 Å². The Kier molecular flexibility index (Phi) is 6.02. The van der Waals surface area contributed by atoms with Crippen LogP contribution in [0.25, 0.3) is 0 Å². The van der Waals surface area contributed by atoms with Crippen LogP contribution in [0.2, 0.25) is 0 Å². The summed E-state index contributed by atoms with van der Waals surface area (Å²) in [5.74, 6) is -0.0488. The van der Waals surface area contributed by atoms with Crippen molar-refractivity contribution in [2.24, 2.45) is 0 Å². The molecule has 4 nitrogen and oxygen atoms in total. The van der Waals surface area contributed by atoms with Gasteiger partial charge in [0.15, 0.2) is 0 Å². The van der Waals surface area contributed by atoms with Crippen molar-refractivity contribution in [2.75, 3.05) is 0 Å². The molecule has 0 fully saturated rings. The van der Waals surface area contributed by atoms with Crippen LogP contribution in [0.5, 0.6) is 0 Å². The van der Waals surface area contributed by atoms with Crippen molar-refractivity contribution in [1.29, 1.82) is 0 Å². The molecule has 0 aliphatic rings. The molecule has 0 radical (unpaired) electrons. The van der Waals surface area contributed by atoms with Gasteiger partial charge in [0.1, 0.15) is 0 Å². The lowest BCUT2D eigenvalue weighted by atomic mass is 9.98. The largest absolute Gasteiger partial charge is 0.349 e. The molecule has 134 valence electrons. The first kappa shape index (κ1) is 18.1. The Morgan fingerprint density at radius 3 is 2.35 bits per heavy atom. The Hall–Kier alpha value is -2.66. The zero-order valence-corrected chi connectivity index (χ0v) is 15.5. The number of carbonyl (C=O) groups excluding carboxylic acids is 1. The number of aromatic nitrogens is 1. The molecule has 0 spiro atoms. The van der Waals surface area contributed by atoms with Crippen LogP contribution in [-0.4, -0.2) is 10.5 Å². The summed E-state index contributed by atoms with van der Waals surface area (Å²) in [7, 11) is 0. The number of hydrogen-bond donors (Lipinski definition) is 1. The molecule has 3 rings (SSSR count). The minimum atomic E-state index is -0.0913. The van der Waals surface area contributed by atoms with E-state index < -0.39 is 0 Å². The van der Waals surface area contributed by atoms with Gasteiger partial charge in [0, 0.05) is 24.0 Å². The maximum atomic E-state index is 12.5. The van der Waals surface area contributed by atoms with E-state index in [4.69, 9.17) is 0 Å². The summed E-state index contributed by atoms with van der Waals surface area (Å²) in [6.45, 7) is 2.30. The van der Waals surface area contributed by atoms with Crippen LogP contribution in [0, 0.1) is 6.92 Å². The first-order chi connectivity index (χ1) is 12.6. The van der Waals surface area contributed by atoms with Gasteiger partial charge >= 0.3 is 4.87 Å². The van der Waals surface area contributed by atoms with E-state index in [9.17, 15) is 9.59 Å². The number of thiazole rings is 1. The molecule has 26 heavy (non-hydrogen) atoms. The Labute approximate surface area is 157 Å². The van der Waals surface area contributed by atoms with Crippen molar-refractivity contribution in [1.82, 2.24) is 9.88 Å². The van der Waals surface area contributed by atoms with Crippen molar-refractivity contribution in [3.05, 3.63) is 92.5 Å². The minimum absolute atomic E-state index is 0.0146. The van der Waals surface area contributed by atoms with Crippen LogP contribution in [0.3, 0.4) is 0 Å². The number of carbonyl (C=O) groups is 1. The van der Waals surface area contributed by atoms with Gasteiger partial charge in [-0.15, -0.1) is 0 Å². The van der Waals surface area contributed by atoms with Crippen LogP contribution in [-0.2, 0) is 17.8 Å². The molecule has 1 atom stereocenters. The zero-order chi connectivity index (χ0) is 18.4. The quantitative estimate of drug-likeness (QED) is 0.693. The highest BCUT2D eigenvalue weighted by Gasteiger charge is 2.15. The molecular formula is C21H22N2O2S. The highest BCUT2D eigenvalue weighted by molar-refractivity contribution is 7.07. The van der Waals surface area contributed by atoms with Gasteiger partial charge in [-0.25, -0.2) is 0 Å². The Balaban J connectivity index is 1.69. The van der Waals surface area contributed by atoms with Crippen molar-refractivity contribution in [3.63, 3.8) is 0 Å². The standard InChI is InChI=1S/C21H22N2O2S/c1-16-15-26-21(25)23(16)13-12-20(24)22-19(18-10-6-3-7-11-18)14-17-8-4-2-5-9-17/h2-11,15,19H,12-14H2,1H3,(H,22,24). The number of rotatable bonds is 7. The average Bonchev–Trinajstić information content (AvgIpc) is 2.99. The smallest absolute Gasteiger partial charge is 0.307 e. The third-order valence-corrected chi connectivity index (χ3v) is 5.24. The van der Waals surface area contributed by atoms with Crippen molar-refractivity contribution in [3.8, 4) is 0 Å². The van der Waals surface area contributed by atoms with Gasteiger partial charge in [0.2, 0.25) is 5.91 Å². The van der Waals surface area contributed by atoms with Crippen molar-refractivity contribution < 1.29 is 4.79 Å². The fraction of sp³-hybridized carbons (Fsp3) is 0.238. The summed E-state index contributed by atoms with van der Waals surface area (Å²) < 4.78 is 1.65. The van der Waals surface area contributed by atoms with E-state index >= 15 is 0 Å². The molecule has 5 heteroatoms. The van der Waals surface area contributed by atoms with E-state index in [1.807, 2.05) is 60.8 Å². The molecule has 0 saturated heterocycles. The van der Waals surface area contributed by atoms with Gasteiger partial charge in [-0.2, -0.15) is 0 Å². The van der Waals surface area contributed by atoms with Gasteiger partial charge in [-0.1, -0.05) is 72.0 Å². The third-order valence-electron chi connectivity index (χ3n) is 4.36. The molecule has 1 heterocycles. The summed E-state index contributed by atoms with van der Waals surface area (Å²) in [6.07, 6.45) is 1.02. The molecule has 0 aliphatic heterocycles. The summed E-state index contributed by atoms with van der Waals surface area (Å²) in [5, 5.41) is 4.95. The number of nitrogens with one attached hydrogen (secondary N) is 1. The number of amides is 1. The molecule has 0 saturated carbocycles. The highest BCUT2D eigenvalue weighted by atomic mass is 32.1. The van der Waals surface area contributed by atoms with Crippen LogP contribution in [0.1, 0.15) is 29.3 Å². The molecule has 1 unspecified atom stereocenters. The second-order valence-electron chi connectivity index (χ2n) is 6.27. The van der Waals surface area contributed by atoms with E-state index in [2.05, 4.69) is 17.4 Å². The maximum absolute atomic E-state index is 12.5. The molecule has 0 aliphatic carbocycles. The monoisotopic (exact) mass is 366 g/mol. The average molecular weight is 366 g/mol. The summed E-state index contributed by atoms with van der Waals surface area (Å²) in [5.41, 5.74) is 3.15. The van der Waals surface area contributed by atoms with Gasteiger partial charge in [-0.3, -0.25) is 9.59 Å². The van der Waals surface area contributed by atoms with Crippen LogP contribution in [0.15, 0.2) is 70.8 Å². The summed E-state index contributed by atoms with van der Waals surface area (Å²) >= 11 is 1.17. The Morgan fingerprint density at radius 1 is 1.08 bits per heavy atom. The lowest BCUT2D eigenvalue weighted by molar-refractivity contribution is -0.122. The Bertz CT molecular complexity index is 901. The van der Waals surface area contributed by atoms with Crippen LogP contribution >= 0.6 is 11.3 Å². The second kappa shape index (κ2) is 8.63. The fourth-order valence-corrected chi connectivity index (χ4v) is 3.70. The van der Waals surface area contributed by atoms with Gasteiger partial charge in [0.25, 0.3) is 0 Å². The van der Waals surface area contributed by atoms with E-state index in [1.54, 1.807) is 4.57 Å². The number of benzene rings is 2. The highest BCUT2D eigenvalue weighted by Crippen LogP contribution is 2.18. The lowest BCUT2D eigenvalue weighted by Gasteiger charge is -2.20. The Morgan fingerprint density at radius 2 is 1.73 bits per heavy atom. The first-order valence-electron chi connectivity index (χ1n) is 8.66. The van der Waals surface area contributed by atoms with E-state index in [1.165, 1.54) is 16.9 Å². The van der Waals surface area contributed by atoms with Crippen LogP contribution < -0.4 is 10.2 Å². The fourth-order valence-electron chi connectivity index (χ4n) is 2.94. The van der Waals surface area contributed by atoms with Crippen LogP contribution in [0.4, 0.5) is 0 Å². The minimum Gasteiger partial charge on any atom is -0.349 e. The molecular weight excluding hydrogens is 344 g/mol. The predicted molar refractivity (Wildman–Crippen MR) is 105 cm³/mol. The van der Waals surface area contributed by atoms with E-state index in [0.29, 0.717) is 6.54 Å². The van der Waals surface area contributed by atoms with Crippen molar-refractivity contribution in [2.45, 2.75) is 32.4 Å². The SMILES string of the molecule is Cc1csc(=O)n1CCC(=O)NC(Cc1ccccc1)c1ccccc1. The molecule has 0 bridgehead atoms. The molecule has 3 aromatic rings. The molecule has 1 amide bonds. The normalized spacial score (nSPS) is 11.9. The number of aryl methyl sites for hydroxylation is 1. The molecule has 1 N–H and O–H groups in total. The predicted octanol–water partition coefficient (Wildman–Crippen LogP) is 3.71. The maximum Gasteiger partial charge on any atom is 0.307 e. The number of nitrogens with zero attached hydrogens (tertiary/aromatic N) is 1. The number of hydrogen-bond acceptors (Lipinski definition) is 3.